The minimum absolute atomic E-state index is 0.0919. The molecule has 2 fully saturated rings. The van der Waals surface area contributed by atoms with Gasteiger partial charge in [0.25, 0.3) is 0 Å². The van der Waals surface area contributed by atoms with Gasteiger partial charge in [-0.05, 0) is 42.9 Å². The number of rotatable bonds is 3. The lowest BCUT2D eigenvalue weighted by Gasteiger charge is -2.17. The molecule has 2 N–H and O–H groups in total. The van der Waals surface area contributed by atoms with Crippen LogP contribution >= 0.6 is 11.6 Å². The zero-order valence-electron chi connectivity index (χ0n) is 14.4. The Morgan fingerprint density at radius 3 is 2.72 bits per heavy atom. The third kappa shape index (κ3) is 3.19. The molecule has 2 aromatic rings. The Balaban J connectivity index is 1.62. The highest BCUT2D eigenvalue weighted by Gasteiger charge is 2.47. The van der Waals surface area contributed by atoms with Crippen LogP contribution in [0.5, 0.6) is 0 Å². The van der Waals surface area contributed by atoms with Crippen LogP contribution in [0.2, 0.25) is 5.02 Å². The molecule has 1 saturated carbocycles. The third-order valence-corrected chi connectivity index (χ3v) is 5.75. The normalized spacial score (nSPS) is 25.2. The van der Waals surface area contributed by atoms with E-state index in [1.165, 1.54) is 11.1 Å². The van der Waals surface area contributed by atoms with E-state index < -0.39 is 0 Å². The predicted molar refractivity (Wildman–Crippen MR) is 102 cm³/mol. The maximum absolute atomic E-state index is 12.8. The molecule has 2 aromatic carbocycles. The summed E-state index contributed by atoms with van der Waals surface area (Å²) in [5, 5.41) is 0.753. The number of benzene rings is 2. The topological polar surface area (TPSA) is 46.3 Å². The summed E-state index contributed by atoms with van der Waals surface area (Å²) in [6, 6.07) is 14.5. The number of aryl methyl sites for hydroxylation is 1. The molecule has 25 heavy (non-hydrogen) atoms. The molecule has 2 aliphatic rings. The van der Waals surface area contributed by atoms with E-state index in [0.717, 1.165) is 35.5 Å². The Morgan fingerprint density at radius 1 is 1.20 bits per heavy atom. The quantitative estimate of drug-likeness (QED) is 0.906. The summed E-state index contributed by atoms with van der Waals surface area (Å²) in [6.07, 6.45) is 1.84. The van der Waals surface area contributed by atoms with Gasteiger partial charge < -0.3 is 10.6 Å². The molecule has 1 heterocycles. The van der Waals surface area contributed by atoms with Crippen LogP contribution in [0.15, 0.2) is 42.5 Å². The Morgan fingerprint density at radius 2 is 2.00 bits per heavy atom. The number of carbonyl (C=O) groups excluding carboxylic acids is 1. The second-order valence-electron chi connectivity index (χ2n) is 7.35. The molecule has 130 valence electrons. The first kappa shape index (κ1) is 16.6. The molecule has 1 amide bonds. The van der Waals surface area contributed by atoms with Crippen LogP contribution in [-0.2, 0) is 4.79 Å². The van der Waals surface area contributed by atoms with Gasteiger partial charge in [0.05, 0.1) is 0 Å². The van der Waals surface area contributed by atoms with Gasteiger partial charge in [0.2, 0.25) is 5.91 Å². The molecule has 1 aliphatic carbocycles. The van der Waals surface area contributed by atoms with Gasteiger partial charge in [-0.25, -0.2) is 0 Å². The minimum atomic E-state index is 0.0919. The number of hydrogen-bond acceptors (Lipinski definition) is 2. The van der Waals surface area contributed by atoms with E-state index in [9.17, 15) is 4.79 Å². The molecule has 3 atom stereocenters. The summed E-state index contributed by atoms with van der Waals surface area (Å²) < 4.78 is 0. The van der Waals surface area contributed by atoms with E-state index >= 15 is 0 Å². The monoisotopic (exact) mass is 354 g/mol. The fourth-order valence-corrected chi connectivity index (χ4v) is 4.18. The van der Waals surface area contributed by atoms with Crippen LogP contribution < -0.4 is 5.73 Å². The van der Waals surface area contributed by atoms with Crippen molar-refractivity contribution in [3.63, 3.8) is 0 Å². The number of carbonyl (C=O) groups is 1. The fraction of sp³-hybridized carbons (Fsp3) is 0.381. The van der Waals surface area contributed by atoms with Crippen molar-refractivity contribution in [2.45, 2.75) is 31.7 Å². The molecule has 3 unspecified atom stereocenters. The maximum atomic E-state index is 12.8. The van der Waals surface area contributed by atoms with Gasteiger partial charge in [-0.1, -0.05) is 53.6 Å². The van der Waals surface area contributed by atoms with Crippen molar-refractivity contribution in [2.75, 3.05) is 13.1 Å². The molecule has 4 heteroatoms. The Labute approximate surface area is 153 Å². The highest BCUT2D eigenvalue weighted by Crippen LogP contribution is 2.52. The molecule has 0 bridgehead atoms. The van der Waals surface area contributed by atoms with Crippen LogP contribution in [0.25, 0.3) is 11.1 Å². The predicted octanol–water partition coefficient (Wildman–Crippen LogP) is 3.98. The lowest BCUT2D eigenvalue weighted by Crippen LogP contribution is -2.33. The number of amides is 1. The van der Waals surface area contributed by atoms with Crippen LogP contribution in [0.4, 0.5) is 0 Å². The zero-order chi connectivity index (χ0) is 17.6. The maximum Gasteiger partial charge on any atom is 0.226 e. The van der Waals surface area contributed by atoms with Crippen molar-refractivity contribution >= 4 is 17.5 Å². The van der Waals surface area contributed by atoms with Crippen molar-refractivity contribution in [3.05, 3.63) is 58.6 Å². The van der Waals surface area contributed by atoms with Crippen LogP contribution in [0.1, 0.15) is 29.9 Å². The van der Waals surface area contributed by atoms with Gasteiger partial charge >= 0.3 is 0 Å². The number of likely N-dealkylation sites (tertiary alicyclic amines) is 1. The third-order valence-electron chi connectivity index (χ3n) is 5.42. The van der Waals surface area contributed by atoms with Crippen molar-refractivity contribution in [1.29, 1.82) is 0 Å². The second-order valence-corrected chi connectivity index (χ2v) is 7.76. The van der Waals surface area contributed by atoms with Crippen LogP contribution in [0.3, 0.4) is 0 Å². The summed E-state index contributed by atoms with van der Waals surface area (Å²) in [4.78, 5) is 14.7. The average molecular weight is 355 g/mol. The van der Waals surface area contributed by atoms with E-state index in [-0.39, 0.29) is 23.8 Å². The Kier molecular flexibility index (Phi) is 4.30. The summed E-state index contributed by atoms with van der Waals surface area (Å²) in [7, 11) is 0. The van der Waals surface area contributed by atoms with Gasteiger partial charge in [0, 0.05) is 35.6 Å². The highest BCUT2D eigenvalue weighted by atomic mass is 35.5. The zero-order valence-corrected chi connectivity index (χ0v) is 15.2. The van der Waals surface area contributed by atoms with Crippen molar-refractivity contribution in [3.8, 4) is 11.1 Å². The van der Waals surface area contributed by atoms with Crippen molar-refractivity contribution in [1.82, 2.24) is 4.90 Å². The molecular weight excluding hydrogens is 332 g/mol. The molecule has 1 saturated heterocycles. The smallest absolute Gasteiger partial charge is 0.226 e. The van der Waals surface area contributed by atoms with E-state index in [2.05, 4.69) is 31.2 Å². The molecule has 3 nitrogen and oxygen atoms in total. The molecule has 4 rings (SSSR count). The van der Waals surface area contributed by atoms with E-state index in [1.54, 1.807) is 0 Å². The molecular formula is C21H23ClN2O. The lowest BCUT2D eigenvalue weighted by atomic mass is 9.94. The Hall–Kier alpha value is -1.84. The van der Waals surface area contributed by atoms with E-state index in [0.29, 0.717) is 6.54 Å². The van der Waals surface area contributed by atoms with E-state index in [4.69, 9.17) is 17.3 Å². The van der Waals surface area contributed by atoms with Gasteiger partial charge in [-0.15, -0.1) is 0 Å². The van der Waals surface area contributed by atoms with Gasteiger partial charge in [-0.3, -0.25) is 4.79 Å². The van der Waals surface area contributed by atoms with Crippen molar-refractivity contribution in [2.24, 2.45) is 11.7 Å². The number of nitrogens with zero attached hydrogens (tertiary/aromatic N) is 1. The average Bonchev–Trinajstić information content (AvgIpc) is 3.27. The molecule has 1 aliphatic heterocycles. The SMILES string of the molecule is Cc1ccc(C2CC2C(=O)N2CCC(N)C2)c(-c2ccccc2Cl)c1. The summed E-state index contributed by atoms with van der Waals surface area (Å²) in [6.45, 7) is 3.59. The minimum Gasteiger partial charge on any atom is -0.341 e. The first-order chi connectivity index (χ1) is 12.0. The van der Waals surface area contributed by atoms with Crippen molar-refractivity contribution < 1.29 is 4.79 Å². The summed E-state index contributed by atoms with van der Waals surface area (Å²) in [5.41, 5.74) is 10.6. The molecule has 0 spiro atoms. The second kappa shape index (κ2) is 6.47. The van der Waals surface area contributed by atoms with Crippen LogP contribution in [-0.4, -0.2) is 29.9 Å². The number of halogens is 1. The number of nitrogens with two attached hydrogens (primary N) is 1. The fourth-order valence-electron chi connectivity index (χ4n) is 3.94. The van der Waals surface area contributed by atoms with Gasteiger partial charge in [0.15, 0.2) is 0 Å². The van der Waals surface area contributed by atoms with E-state index in [1.807, 2.05) is 23.1 Å². The molecule has 0 radical (unpaired) electrons. The molecule has 0 aromatic heterocycles. The lowest BCUT2D eigenvalue weighted by molar-refractivity contribution is -0.131. The standard InChI is InChI=1S/C21H23ClN2O/c1-13-6-7-15(17(10-13)16-4-2-3-5-20(16)22)18-11-19(18)21(25)24-9-8-14(23)12-24/h2-7,10,14,18-19H,8-9,11-12,23H2,1H3. The number of hydrogen-bond donors (Lipinski definition) is 1. The summed E-state index contributed by atoms with van der Waals surface area (Å²) in [5.74, 6) is 0.647. The van der Waals surface area contributed by atoms with Gasteiger partial charge in [-0.2, -0.15) is 0 Å². The highest BCUT2D eigenvalue weighted by molar-refractivity contribution is 6.33. The van der Waals surface area contributed by atoms with Gasteiger partial charge in [0.1, 0.15) is 0 Å². The first-order valence-corrected chi connectivity index (χ1v) is 9.32. The largest absolute Gasteiger partial charge is 0.341 e. The Bertz CT molecular complexity index is 819. The summed E-state index contributed by atoms with van der Waals surface area (Å²) >= 11 is 6.44. The first-order valence-electron chi connectivity index (χ1n) is 8.94. The van der Waals surface area contributed by atoms with Crippen LogP contribution in [0, 0.1) is 12.8 Å².